The van der Waals surface area contributed by atoms with E-state index in [1.165, 1.54) is 4.80 Å². The number of hydrogen-bond donors (Lipinski definition) is 1. The number of aryl methyl sites for hydroxylation is 1. The first-order chi connectivity index (χ1) is 8.11. The first-order valence-electron chi connectivity index (χ1n) is 6.19. The SMILES string of the molecule is CCCNC(COC(C)C)Cc1nnn(C)n1. The zero-order valence-corrected chi connectivity index (χ0v) is 11.2. The van der Waals surface area contributed by atoms with Crippen molar-refractivity contribution >= 4 is 0 Å². The van der Waals surface area contributed by atoms with Crippen molar-refractivity contribution in [1.29, 1.82) is 0 Å². The summed E-state index contributed by atoms with van der Waals surface area (Å²) in [6.45, 7) is 7.88. The van der Waals surface area contributed by atoms with Gasteiger partial charge in [-0.15, -0.1) is 10.2 Å². The number of aromatic nitrogens is 4. The molecule has 0 bridgehead atoms. The van der Waals surface area contributed by atoms with Gasteiger partial charge in [0.25, 0.3) is 0 Å². The maximum Gasteiger partial charge on any atom is 0.176 e. The van der Waals surface area contributed by atoms with Crippen LogP contribution in [0.4, 0.5) is 0 Å². The molecule has 1 N–H and O–H groups in total. The van der Waals surface area contributed by atoms with E-state index in [1.54, 1.807) is 7.05 Å². The van der Waals surface area contributed by atoms with E-state index < -0.39 is 0 Å². The summed E-state index contributed by atoms with van der Waals surface area (Å²) in [4.78, 5) is 1.48. The van der Waals surface area contributed by atoms with Crippen molar-refractivity contribution in [1.82, 2.24) is 25.5 Å². The van der Waals surface area contributed by atoms with Crippen LogP contribution in [0.2, 0.25) is 0 Å². The third-order valence-electron chi connectivity index (χ3n) is 2.29. The lowest BCUT2D eigenvalue weighted by atomic mass is 10.2. The van der Waals surface area contributed by atoms with Gasteiger partial charge in [-0.3, -0.25) is 0 Å². The van der Waals surface area contributed by atoms with Gasteiger partial charge in [-0.1, -0.05) is 6.92 Å². The summed E-state index contributed by atoms with van der Waals surface area (Å²) in [7, 11) is 1.77. The van der Waals surface area contributed by atoms with Gasteiger partial charge in [-0.25, -0.2) is 0 Å². The molecule has 0 aliphatic rings. The topological polar surface area (TPSA) is 64.9 Å². The first-order valence-corrected chi connectivity index (χ1v) is 6.19. The maximum absolute atomic E-state index is 5.63. The fourth-order valence-corrected chi connectivity index (χ4v) is 1.47. The molecule has 0 aliphatic carbocycles. The molecular formula is C11H23N5O. The predicted octanol–water partition coefficient (Wildman–Crippen LogP) is 0.546. The fraction of sp³-hybridized carbons (Fsp3) is 0.909. The number of ether oxygens (including phenoxy) is 1. The molecule has 1 rings (SSSR count). The van der Waals surface area contributed by atoms with Crippen LogP contribution in [-0.4, -0.2) is 45.5 Å². The molecule has 6 nitrogen and oxygen atoms in total. The van der Waals surface area contributed by atoms with E-state index in [-0.39, 0.29) is 12.1 Å². The Balaban J connectivity index is 2.44. The van der Waals surface area contributed by atoms with E-state index in [4.69, 9.17) is 4.74 Å². The highest BCUT2D eigenvalue weighted by atomic mass is 16.5. The molecule has 98 valence electrons. The van der Waals surface area contributed by atoms with Crippen LogP contribution in [0.3, 0.4) is 0 Å². The molecule has 0 saturated heterocycles. The minimum Gasteiger partial charge on any atom is -0.377 e. The normalized spacial score (nSPS) is 13.2. The van der Waals surface area contributed by atoms with Crippen molar-refractivity contribution < 1.29 is 4.74 Å². The summed E-state index contributed by atoms with van der Waals surface area (Å²) in [5, 5.41) is 15.5. The summed E-state index contributed by atoms with van der Waals surface area (Å²) in [5.41, 5.74) is 0. The Kier molecular flexibility index (Phi) is 6.07. The molecule has 0 amide bonds. The second-order valence-electron chi connectivity index (χ2n) is 4.43. The number of hydrogen-bond acceptors (Lipinski definition) is 5. The summed E-state index contributed by atoms with van der Waals surface area (Å²) in [5.74, 6) is 0.758. The van der Waals surface area contributed by atoms with Crippen molar-refractivity contribution in [3.8, 4) is 0 Å². The number of tetrazole rings is 1. The minimum atomic E-state index is 0.246. The smallest absolute Gasteiger partial charge is 0.176 e. The van der Waals surface area contributed by atoms with E-state index in [0.717, 1.165) is 25.2 Å². The predicted molar refractivity (Wildman–Crippen MR) is 65.7 cm³/mol. The lowest BCUT2D eigenvalue weighted by Crippen LogP contribution is -2.37. The highest BCUT2D eigenvalue weighted by molar-refractivity contribution is 4.84. The highest BCUT2D eigenvalue weighted by Gasteiger charge is 2.13. The molecule has 1 heterocycles. The van der Waals surface area contributed by atoms with E-state index in [2.05, 4.69) is 27.7 Å². The van der Waals surface area contributed by atoms with Crippen LogP contribution in [0.25, 0.3) is 0 Å². The van der Waals surface area contributed by atoms with Crippen LogP contribution in [0, 0.1) is 0 Å². The van der Waals surface area contributed by atoms with Crippen LogP contribution >= 0.6 is 0 Å². The number of rotatable bonds is 8. The van der Waals surface area contributed by atoms with Gasteiger partial charge >= 0.3 is 0 Å². The Morgan fingerprint density at radius 3 is 2.71 bits per heavy atom. The number of nitrogens with one attached hydrogen (secondary N) is 1. The third-order valence-corrected chi connectivity index (χ3v) is 2.29. The van der Waals surface area contributed by atoms with E-state index in [1.807, 2.05) is 13.8 Å². The van der Waals surface area contributed by atoms with Gasteiger partial charge < -0.3 is 10.1 Å². The lowest BCUT2D eigenvalue weighted by molar-refractivity contribution is 0.0609. The van der Waals surface area contributed by atoms with Crippen LogP contribution in [0.5, 0.6) is 0 Å². The maximum atomic E-state index is 5.63. The van der Waals surface area contributed by atoms with Gasteiger partial charge in [0.1, 0.15) is 0 Å². The van der Waals surface area contributed by atoms with Gasteiger partial charge in [0.2, 0.25) is 0 Å². The van der Waals surface area contributed by atoms with Gasteiger partial charge in [-0.05, 0) is 32.0 Å². The molecule has 0 spiro atoms. The van der Waals surface area contributed by atoms with Crippen LogP contribution < -0.4 is 5.32 Å². The number of nitrogens with zero attached hydrogens (tertiary/aromatic N) is 4. The standard InChI is InChI=1S/C11H23N5O/c1-5-6-12-10(8-17-9(2)3)7-11-13-15-16(4)14-11/h9-10,12H,5-8H2,1-4H3. The average Bonchev–Trinajstić information content (AvgIpc) is 2.68. The van der Waals surface area contributed by atoms with Gasteiger partial charge in [-0.2, -0.15) is 4.80 Å². The van der Waals surface area contributed by atoms with Crippen molar-refractivity contribution in [3.05, 3.63) is 5.82 Å². The summed E-state index contributed by atoms with van der Waals surface area (Å²) < 4.78 is 5.63. The molecule has 1 aromatic rings. The molecule has 0 saturated carbocycles. The fourth-order valence-electron chi connectivity index (χ4n) is 1.47. The molecular weight excluding hydrogens is 218 g/mol. The summed E-state index contributed by atoms with van der Waals surface area (Å²) >= 11 is 0. The van der Waals surface area contributed by atoms with E-state index >= 15 is 0 Å². The Morgan fingerprint density at radius 1 is 1.41 bits per heavy atom. The minimum absolute atomic E-state index is 0.246. The summed E-state index contributed by atoms with van der Waals surface area (Å²) in [6, 6.07) is 0.251. The molecule has 1 atom stereocenters. The molecule has 0 aromatic carbocycles. The quantitative estimate of drug-likeness (QED) is 0.720. The van der Waals surface area contributed by atoms with Crippen LogP contribution in [0.1, 0.15) is 33.0 Å². The monoisotopic (exact) mass is 241 g/mol. The van der Waals surface area contributed by atoms with Crippen molar-refractivity contribution in [2.45, 2.75) is 45.8 Å². The molecule has 6 heteroatoms. The van der Waals surface area contributed by atoms with Crippen molar-refractivity contribution in [2.75, 3.05) is 13.2 Å². The Labute approximate surface area is 103 Å². The lowest BCUT2D eigenvalue weighted by Gasteiger charge is -2.18. The van der Waals surface area contributed by atoms with Gasteiger partial charge in [0.15, 0.2) is 5.82 Å². The molecule has 1 unspecified atom stereocenters. The molecule has 17 heavy (non-hydrogen) atoms. The van der Waals surface area contributed by atoms with E-state index in [9.17, 15) is 0 Å². The molecule has 0 radical (unpaired) electrons. The second kappa shape index (κ2) is 7.34. The van der Waals surface area contributed by atoms with Crippen molar-refractivity contribution in [2.24, 2.45) is 7.05 Å². The zero-order valence-electron chi connectivity index (χ0n) is 11.2. The molecule has 0 fully saturated rings. The Morgan fingerprint density at radius 2 is 2.18 bits per heavy atom. The highest BCUT2D eigenvalue weighted by Crippen LogP contribution is 1.99. The molecule has 1 aromatic heterocycles. The average molecular weight is 241 g/mol. The van der Waals surface area contributed by atoms with Crippen LogP contribution in [0.15, 0.2) is 0 Å². The second-order valence-corrected chi connectivity index (χ2v) is 4.43. The summed E-state index contributed by atoms with van der Waals surface area (Å²) in [6.07, 6.45) is 2.10. The Hall–Kier alpha value is -1.01. The van der Waals surface area contributed by atoms with E-state index in [0.29, 0.717) is 6.61 Å². The Bertz CT molecular complexity index is 313. The van der Waals surface area contributed by atoms with Gasteiger partial charge in [0.05, 0.1) is 19.8 Å². The third kappa shape index (κ3) is 5.74. The van der Waals surface area contributed by atoms with Crippen LogP contribution in [-0.2, 0) is 18.2 Å². The molecule has 0 aliphatic heterocycles. The van der Waals surface area contributed by atoms with Gasteiger partial charge in [0, 0.05) is 12.5 Å². The zero-order chi connectivity index (χ0) is 12.7. The first kappa shape index (κ1) is 14.1. The largest absolute Gasteiger partial charge is 0.377 e. The van der Waals surface area contributed by atoms with Crippen molar-refractivity contribution in [3.63, 3.8) is 0 Å².